The second-order valence-corrected chi connectivity index (χ2v) is 6.47. The van der Waals surface area contributed by atoms with Crippen LogP contribution in [0.15, 0.2) is 34.8 Å². The zero-order valence-electron chi connectivity index (χ0n) is 11.6. The number of para-hydroxylation sites is 1. The second-order valence-electron chi connectivity index (χ2n) is 5.00. The molecule has 0 N–H and O–H groups in total. The molecule has 0 amide bonds. The molecule has 0 fully saturated rings. The maximum absolute atomic E-state index is 6.25. The highest BCUT2D eigenvalue weighted by Crippen LogP contribution is 2.30. The normalized spacial score (nSPS) is 11.3. The highest BCUT2D eigenvalue weighted by Gasteiger charge is 2.15. The molecule has 2 aromatic carbocycles. The number of halogens is 3. The summed E-state index contributed by atoms with van der Waals surface area (Å²) in [5, 5.41) is 0.642. The average molecular weight is 384 g/mol. The fraction of sp³-hybridized carbons (Fsp3) is 0.188. The molecule has 0 saturated carbocycles. The minimum absolute atomic E-state index is 0.333. The lowest BCUT2D eigenvalue weighted by Crippen LogP contribution is -2.00. The third kappa shape index (κ3) is 2.48. The van der Waals surface area contributed by atoms with E-state index in [0.717, 1.165) is 27.0 Å². The molecule has 0 radical (unpaired) electrons. The molecule has 5 heteroatoms. The number of rotatable bonds is 2. The number of hydrogen-bond acceptors (Lipinski definition) is 1. The first-order valence-corrected chi connectivity index (χ1v) is 8.22. The van der Waals surface area contributed by atoms with Crippen molar-refractivity contribution in [2.45, 2.75) is 19.7 Å². The van der Waals surface area contributed by atoms with Crippen LogP contribution >= 0.6 is 39.1 Å². The number of aromatic nitrogens is 2. The Bertz CT molecular complexity index is 817. The van der Waals surface area contributed by atoms with Crippen molar-refractivity contribution in [1.29, 1.82) is 0 Å². The first kappa shape index (κ1) is 14.9. The number of aryl methyl sites for hydroxylation is 2. The van der Waals surface area contributed by atoms with Crippen molar-refractivity contribution in [3.05, 3.63) is 56.8 Å². The lowest BCUT2D eigenvalue weighted by molar-refractivity contribution is 0.977. The first-order chi connectivity index (χ1) is 10.0. The molecule has 21 heavy (non-hydrogen) atoms. The van der Waals surface area contributed by atoms with Gasteiger partial charge in [-0.1, -0.05) is 33.6 Å². The summed E-state index contributed by atoms with van der Waals surface area (Å²) in [7, 11) is 0. The first-order valence-electron chi connectivity index (χ1n) is 6.52. The van der Waals surface area contributed by atoms with Crippen molar-refractivity contribution in [3.63, 3.8) is 0 Å². The highest BCUT2D eigenvalue weighted by atomic mass is 79.9. The van der Waals surface area contributed by atoms with Gasteiger partial charge < -0.3 is 0 Å². The van der Waals surface area contributed by atoms with Crippen LogP contribution < -0.4 is 0 Å². The monoisotopic (exact) mass is 382 g/mol. The molecule has 2 nitrogen and oxygen atoms in total. The molecule has 0 unspecified atom stereocenters. The van der Waals surface area contributed by atoms with E-state index in [2.05, 4.69) is 51.5 Å². The van der Waals surface area contributed by atoms with Crippen molar-refractivity contribution >= 4 is 50.2 Å². The van der Waals surface area contributed by atoms with E-state index in [1.807, 2.05) is 18.2 Å². The number of benzene rings is 2. The van der Waals surface area contributed by atoms with E-state index in [1.165, 1.54) is 11.1 Å². The van der Waals surface area contributed by atoms with Crippen LogP contribution in [0.5, 0.6) is 0 Å². The van der Waals surface area contributed by atoms with Gasteiger partial charge in [-0.3, -0.25) is 4.57 Å². The summed E-state index contributed by atoms with van der Waals surface area (Å²) >= 11 is 15.9. The Labute approximate surface area is 141 Å². The molecule has 0 atom stereocenters. The van der Waals surface area contributed by atoms with Gasteiger partial charge in [0.25, 0.3) is 0 Å². The van der Waals surface area contributed by atoms with Gasteiger partial charge >= 0.3 is 0 Å². The van der Waals surface area contributed by atoms with Crippen molar-refractivity contribution in [3.8, 4) is 5.69 Å². The topological polar surface area (TPSA) is 17.8 Å². The van der Waals surface area contributed by atoms with Crippen molar-refractivity contribution in [1.82, 2.24) is 9.55 Å². The molecule has 3 rings (SSSR count). The molecule has 0 aliphatic rings. The molecule has 1 heterocycles. The Morgan fingerprint density at radius 2 is 1.86 bits per heavy atom. The summed E-state index contributed by atoms with van der Waals surface area (Å²) < 4.78 is 3.20. The van der Waals surface area contributed by atoms with E-state index >= 15 is 0 Å². The number of alkyl halides is 1. The molecule has 108 valence electrons. The van der Waals surface area contributed by atoms with Crippen LogP contribution in [-0.4, -0.2) is 9.55 Å². The van der Waals surface area contributed by atoms with Gasteiger partial charge in [-0.05, 0) is 49.2 Å². The van der Waals surface area contributed by atoms with E-state index in [-0.39, 0.29) is 0 Å². The molecule has 0 bridgehead atoms. The third-order valence-electron chi connectivity index (χ3n) is 3.50. The lowest BCUT2D eigenvalue weighted by Gasteiger charge is -2.12. The predicted octanol–water partition coefficient (Wildman–Crippen LogP) is 5.80. The van der Waals surface area contributed by atoms with Gasteiger partial charge in [-0.15, -0.1) is 11.6 Å². The largest absolute Gasteiger partial charge is 0.295 e. The fourth-order valence-electron chi connectivity index (χ4n) is 2.54. The highest BCUT2D eigenvalue weighted by molar-refractivity contribution is 9.10. The molecule has 1 aromatic heterocycles. The minimum Gasteiger partial charge on any atom is -0.295 e. The van der Waals surface area contributed by atoms with Crippen LogP contribution in [0.25, 0.3) is 16.7 Å². The molecule has 0 spiro atoms. The van der Waals surface area contributed by atoms with Crippen molar-refractivity contribution in [2.24, 2.45) is 0 Å². The Kier molecular flexibility index (Phi) is 4.00. The number of imidazole rings is 1. The van der Waals surface area contributed by atoms with Crippen LogP contribution in [0.1, 0.15) is 17.0 Å². The number of hydrogen-bond donors (Lipinski definition) is 0. The zero-order valence-corrected chi connectivity index (χ0v) is 14.7. The van der Waals surface area contributed by atoms with E-state index in [1.54, 1.807) is 0 Å². The van der Waals surface area contributed by atoms with Gasteiger partial charge in [-0.2, -0.15) is 0 Å². The summed E-state index contributed by atoms with van der Waals surface area (Å²) in [6, 6.07) is 10.0. The fourth-order valence-corrected chi connectivity index (χ4v) is 3.16. The Hall–Kier alpha value is -1.03. The van der Waals surface area contributed by atoms with Crippen LogP contribution in [0.2, 0.25) is 5.02 Å². The van der Waals surface area contributed by atoms with Gasteiger partial charge in [0.2, 0.25) is 0 Å². The maximum atomic E-state index is 6.25. The van der Waals surface area contributed by atoms with E-state index in [0.29, 0.717) is 10.9 Å². The molecular formula is C16H13BrCl2N2. The summed E-state index contributed by atoms with van der Waals surface area (Å²) in [6.45, 7) is 4.15. The summed E-state index contributed by atoms with van der Waals surface area (Å²) in [5.74, 6) is 1.12. The lowest BCUT2D eigenvalue weighted by atomic mass is 10.1. The number of nitrogens with zero attached hydrogens (tertiary/aromatic N) is 2. The van der Waals surface area contributed by atoms with Gasteiger partial charge in [-0.25, -0.2) is 4.98 Å². The van der Waals surface area contributed by atoms with E-state index < -0.39 is 0 Å². The van der Waals surface area contributed by atoms with E-state index in [4.69, 9.17) is 23.2 Å². The van der Waals surface area contributed by atoms with Crippen molar-refractivity contribution in [2.75, 3.05) is 0 Å². The summed E-state index contributed by atoms with van der Waals surface area (Å²) in [5.41, 5.74) is 5.16. The maximum Gasteiger partial charge on any atom is 0.129 e. The number of fused-ring (bicyclic) bond motifs is 1. The Balaban J connectivity index is 2.36. The Morgan fingerprint density at radius 3 is 2.48 bits per heavy atom. The predicted molar refractivity (Wildman–Crippen MR) is 92.8 cm³/mol. The molecular weight excluding hydrogens is 371 g/mol. The third-order valence-corrected chi connectivity index (χ3v) is 5.30. The van der Waals surface area contributed by atoms with Crippen molar-refractivity contribution < 1.29 is 0 Å². The van der Waals surface area contributed by atoms with Crippen LogP contribution in [-0.2, 0) is 5.88 Å². The SMILES string of the molecule is Cc1cc(-n2c(CCl)nc3c(Cl)cccc32)cc(C)c1Br. The zero-order chi connectivity index (χ0) is 15.1. The second kappa shape index (κ2) is 5.64. The molecule has 0 aliphatic heterocycles. The summed E-state index contributed by atoms with van der Waals surface area (Å²) in [6.07, 6.45) is 0. The standard InChI is InChI=1S/C16H13BrCl2N2/c1-9-6-11(7-10(2)15(9)17)21-13-5-3-4-12(19)16(13)20-14(21)8-18/h3-7H,8H2,1-2H3. The van der Waals surface area contributed by atoms with Crippen LogP contribution in [0, 0.1) is 13.8 Å². The Morgan fingerprint density at radius 1 is 1.19 bits per heavy atom. The van der Waals surface area contributed by atoms with Gasteiger partial charge in [0.1, 0.15) is 11.3 Å². The van der Waals surface area contributed by atoms with Gasteiger partial charge in [0.05, 0.1) is 16.4 Å². The van der Waals surface area contributed by atoms with Gasteiger partial charge in [0, 0.05) is 10.2 Å². The summed E-state index contributed by atoms with van der Waals surface area (Å²) in [4.78, 5) is 4.58. The molecule has 3 aromatic rings. The minimum atomic E-state index is 0.333. The smallest absolute Gasteiger partial charge is 0.129 e. The molecule has 0 aliphatic carbocycles. The molecule has 0 saturated heterocycles. The van der Waals surface area contributed by atoms with E-state index in [9.17, 15) is 0 Å². The van der Waals surface area contributed by atoms with Gasteiger partial charge in [0.15, 0.2) is 0 Å². The van der Waals surface area contributed by atoms with Crippen LogP contribution in [0.3, 0.4) is 0 Å². The average Bonchev–Trinajstić information content (AvgIpc) is 2.84. The van der Waals surface area contributed by atoms with Crippen LogP contribution in [0.4, 0.5) is 0 Å². The quantitative estimate of drug-likeness (QED) is 0.511.